The van der Waals surface area contributed by atoms with Gasteiger partial charge in [0.2, 0.25) is 0 Å². The average Bonchev–Trinajstić information content (AvgIpc) is 2.24. The summed E-state index contributed by atoms with van der Waals surface area (Å²) in [6, 6.07) is 0. The first kappa shape index (κ1) is 7.92. The highest BCUT2D eigenvalue weighted by atomic mass is 15.2. The lowest BCUT2D eigenvalue weighted by Crippen LogP contribution is -2.26. The van der Waals surface area contributed by atoms with Crippen LogP contribution in [0.2, 0.25) is 0 Å². The molecule has 0 bridgehead atoms. The summed E-state index contributed by atoms with van der Waals surface area (Å²) < 4.78 is 0. The van der Waals surface area contributed by atoms with Crippen molar-refractivity contribution in [2.24, 2.45) is 0 Å². The average molecular weight is 116 g/mol. The maximum absolute atomic E-state index is 3.21. The number of hydrogen-bond donors (Lipinski definition) is 2. The van der Waals surface area contributed by atoms with Crippen molar-refractivity contribution in [1.29, 1.82) is 0 Å². The highest BCUT2D eigenvalue weighted by Crippen LogP contribution is 1.78. The van der Waals surface area contributed by atoms with Crippen molar-refractivity contribution in [2.75, 3.05) is 13.1 Å². The van der Waals surface area contributed by atoms with Crippen molar-refractivity contribution in [2.45, 2.75) is 26.9 Å². The smallest absolute Gasteiger partial charge is 0.0543 e. The van der Waals surface area contributed by atoms with Gasteiger partial charge in [-0.25, -0.2) is 0 Å². The van der Waals surface area contributed by atoms with Crippen LogP contribution in [0.3, 0.4) is 0 Å². The van der Waals surface area contributed by atoms with Crippen LogP contribution in [-0.2, 0) is 0 Å². The molecular weight excluding hydrogens is 100 g/mol. The Morgan fingerprint density at radius 1 is 1.12 bits per heavy atom. The van der Waals surface area contributed by atoms with Gasteiger partial charge < -0.3 is 10.6 Å². The van der Waals surface area contributed by atoms with Gasteiger partial charge in [0.15, 0.2) is 0 Å². The molecule has 1 rings (SSSR count). The standard InChI is InChI=1S/C4H10N2.C2H6/c1-4-5-2-3-6-4;1-2/h4-6H,2-3H2,1H3;1-2H3. The van der Waals surface area contributed by atoms with E-state index in [1.54, 1.807) is 0 Å². The van der Waals surface area contributed by atoms with Crippen LogP contribution in [0.1, 0.15) is 20.8 Å². The zero-order valence-corrected chi connectivity index (χ0v) is 5.99. The maximum atomic E-state index is 3.21. The van der Waals surface area contributed by atoms with E-state index in [-0.39, 0.29) is 0 Å². The van der Waals surface area contributed by atoms with E-state index < -0.39 is 0 Å². The predicted octanol–water partition coefficient (Wildman–Crippen LogP) is 0.551. The van der Waals surface area contributed by atoms with Gasteiger partial charge in [0.25, 0.3) is 0 Å². The van der Waals surface area contributed by atoms with Crippen LogP contribution < -0.4 is 10.6 Å². The van der Waals surface area contributed by atoms with E-state index >= 15 is 0 Å². The summed E-state index contributed by atoms with van der Waals surface area (Å²) in [5, 5.41) is 6.42. The number of rotatable bonds is 0. The van der Waals surface area contributed by atoms with E-state index in [4.69, 9.17) is 0 Å². The minimum atomic E-state index is 0.546. The normalized spacial score (nSPS) is 19.9. The molecule has 0 aromatic rings. The highest BCUT2D eigenvalue weighted by molar-refractivity contribution is 4.66. The molecule has 0 saturated carbocycles. The summed E-state index contributed by atoms with van der Waals surface area (Å²) in [4.78, 5) is 0. The lowest BCUT2D eigenvalue weighted by atomic mass is 10.6. The van der Waals surface area contributed by atoms with Gasteiger partial charge in [-0.15, -0.1) is 0 Å². The van der Waals surface area contributed by atoms with Gasteiger partial charge in [-0.2, -0.15) is 0 Å². The molecule has 0 unspecified atom stereocenters. The van der Waals surface area contributed by atoms with Crippen molar-refractivity contribution in [3.8, 4) is 0 Å². The summed E-state index contributed by atoms with van der Waals surface area (Å²) >= 11 is 0. The van der Waals surface area contributed by atoms with Crippen LogP contribution in [0.5, 0.6) is 0 Å². The molecule has 0 aromatic carbocycles. The highest BCUT2D eigenvalue weighted by Gasteiger charge is 2.03. The molecule has 1 aliphatic heterocycles. The van der Waals surface area contributed by atoms with Crippen LogP contribution in [0.15, 0.2) is 0 Å². The Hall–Kier alpha value is -0.0800. The molecule has 0 aromatic heterocycles. The third-order valence-corrected chi connectivity index (χ3v) is 1.03. The second kappa shape index (κ2) is 5.06. The Labute approximate surface area is 51.7 Å². The molecule has 2 N–H and O–H groups in total. The van der Waals surface area contributed by atoms with Gasteiger partial charge in [0, 0.05) is 13.1 Å². The van der Waals surface area contributed by atoms with E-state index in [0.29, 0.717) is 6.17 Å². The zero-order valence-electron chi connectivity index (χ0n) is 5.99. The molecule has 1 aliphatic rings. The molecule has 0 spiro atoms. The molecule has 1 saturated heterocycles. The molecule has 2 nitrogen and oxygen atoms in total. The minimum Gasteiger partial charge on any atom is -0.301 e. The first-order valence-electron chi connectivity index (χ1n) is 3.36. The third-order valence-electron chi connectivity index (χ3n) is 1.03. The second-order valence-electron chi connectivity index (χ2n) is 1.63. The van der Waals surface area contributed by atoms with E-state index in [0.717, 1.165) is 13.1 Å². The Morgan fingerprint density at radius 3 is 1.62 bits per heavy atom. The number of nitrogens with one attached hydrogen (secondary N) is 2. The molecule has 2 heteroatoms. The molecular formula is C6H16N2. The predicted molar refractivity (Wildman–Crippen MR) is 36.8 cm³/mol. The van der Waals surface area contributed by atoms with Crippen molar-refractivity contribution in [3.05, 3.63) is 0 Å². The fourth-order valence-electron chi connectivity index (χ4n) is 0.650. The van der Waals surface area contributed by atoms with Gasteiger partial charge in [0.05, 0.1) is 6.17 Å². The lowest BCUT2D eigenvalue weighted by molar-refractivity contribution is 0.606. The van der Waals surface area contributed by atoms with Gasteiger partial charge in [0.1, 0.15) is 0 Å². The van der Waals surface area contributed by atoms with Crippen LogP contribution in [0.25, 0.3) is 0 Å². The van der Waals surface area contributed by atoms with E-state index in [1.807, 2.05) is 13.8 Å². The first-order valence-corrected chi connectivity index (χ1v) is 3.36. The Bertz CT molecular complexity index is 39.8. The van der Waals surface area contributed by atoms with Crippen molar-refractivity contribution < 1.29 is 0 Å². The monoisotopic (exact) mass is 116 g/mol. The van der Waals surface area contributed by atoms with Gasteiger partial charge in [-0.3, -0.25) is 0 Å². The van der Waals surface area contributed by atoms with E-state index in [9.17, 15) is 0 Å². The molecule has 50 valence electrons. The van der Waals surface area contributed by atoms with Crippen LogP contribution in [-0.4, -0.2) is 19.3 Å². The summed E-state index contributed by atoms with van der Waals surface area (Å²) in [5.74, 6) is 0. The lowest BCUT2D eigenvalue weighted by Gasteiger charge is -1.97. The fraction of sp³-hybridized carbons (Fsp3) is 1.00. The van der Waals surface area contributed by atoms with Crippen LogP contribution >= 0.6 is 0 Å². The van der Waals surface area contributed by atoms with Gasteiger partial charge in [-0.05, 0) is 6.92 Å². The van der Waals surface area contributed by atoms with E-state index in [1.165, 1.54) is 0 Å². The largest absolute Gasteiger partial charge is 0.301 e. The molecule has 8 heavy (non-hydrogen) atoms. The van der Waals surface area contributed by atoms with Gasteiger partial charge in [-0.1, -0.05) is 13.8 Å². The fourth-order valence-corrected chi connectivity index (χ4v) is 0.650. The van der Waals surface area contributed by atoms with Crippen molar-refractivity contribution in [1.82, 2.24) is 10.6 Å². The molecule has 0 radical (unpaired) electrons. The van der Waals surface area contributed by atoms with E-state index in [2.05, 4.69) is 17.6 Å². The zero-order chi connectivity index (χ0) is 6.41. The van der Waals surface area contributed by atoms with Gasteiger partial charge >= 0.3 is 0 Å². The maximum Gasteiger partial charge on any atom is 0.0543 e. The summed E-state index contributed by atoms with van der Waals surface area (Å²) in [5.41, 5.74) is 0. The van der Waals surface area contributed by atoms with Crippen molar-refractivity contribution in [3.63, 3.8) is 0 Å². The van der Waals surface area contributed by atoms with Crippen LogP contribution in [0, 0.1) is 0 Å². The summed E-state index contributed by atoms with van der Waals surface area (Å²) in [7, 11) is 0. The first-order chi connectivity index (χ1) is 3.89. The Balaban J connectivity index is 0.000000222. The molecule has 1 fully saturated rings. The summed E-state index contributed by atoms with van der Waals surface area (Å²) in [6.45, 7) is 8.37. The molecule has 0 atom stereocenters. The Kier molecular flexibility index (Phi) is 5.01. The minimum absolute atomic E-state index is 0.546. The SMILES string of the molecule is CC.CC1NCCN1. The Morgan fingerprint density at radius 2 is 1.50 bits per heavy atom. The van der Waals surface area contributed by atoms with Crippen LogP contribution in [0.4, 0.5) is 0 Å². The second-order valence-corrected chi connectivity index (χ2v) is 1.63. The quantitative estimate of drug-likeness (QED) is 0.483. The van der Waals surface area contributed by atoms with Crippen molar-refractivity contribution >= 4 is 0 Å². The topological polar surface area (TPSA) is 24.1 Å². The molecule has 1 heterocycles. The molecule has 0 amide bonds. The summed E-state index contributed by atoms with van der Waals surface area (Å²) in [6.07, 6.45) is 0.546. The third kappa shape index (κ3) is 2.99. The number of hydrogen-bond acceptors (Lipinski definition) is 2. The molecule has 0 aliphatic carbocycles.